The minimum atomic E-state index is -2.61. The van der Waals surface area contributed by atoms with Crippen LogP contribution in [0.4, 0.5) is 14.6 Å². The molecule has 5 nitrogen and oxygen atoms in total. The Morgan fingerprint density at radius 2 is 2.25 bits per heavy atom. The predicted molar refractivity (Wildman–Crippen MR) is 54.2 cm³/mol. The van der Waals surface area contributed by atoms with Gasteiger partial charge in [-0.3, -0.25) is 0 Å². The number of hydrogen-bond acceptors (Lipinski definition) is 3. The van der Waals surface area contributed by atoms with Gasteiger partial charge in [-0.2, -0.15) is 0 Å². The van der Waals surface area contributed by atoms with Crippen LogP contribution in [0.1, 0.15) is 5.69 Å². The second-order valence-electron chi connectivity index (χ2n) is 3.59. The van der Waals surface area contributed by atoms with Crippen LogP contribution in [0.5, 0.6) is 0 Å². The Morgan fingerprint density at radius 1 is 1.50 bits per heavy atom. The first-order chi connectivity index (χ1) is 7.61. The molecule has 84 valence electrons. The SMILES string of the molecule is [N-]=[N+]=NCc1cccc(N2CC(F)(F)C2)n1. The molecule has 0 atom stereocenters. The van der Waals surface area contributed by atoms with E-state index in [9.17, 15) is 8.78 Å². The number of pyridine rings is 1. The molecule has 0 N–H and O–H groups in total. The van der Waals surface area contributed by atoms with Crippen LogP contribution in [0.25, 0.3) is 10.4 Å². The third kappa shape index (κ3) is 2.20. The monoisotopic (exact) mass is 225 g/mol. The van der Waals surface area contributed by atoms with Gasteiger partial charge < -0.3 is 4.90 Å². The van der Waals surface area contributed by atoms with Gasteiger partial charge in [-0.25, -0.2) is 13.8 Å². The summed E-state index contributed by atoms with van der Waals surface area (Å²) in [7, 11) is 0. The van der Waals surface area contributed by atoms with E-state index in [0.717, 1.165) is 0 Å². The number of nitrogens with zero attached hydrogens (tertiary/aromatic N) is 5. The number of hydrogen-bond donors (Lipinski definition) is 0. The molecule has 16 heavy (non-hydrogen) atoms. The number of alkyl halides is 2. The van der Waals surface area contributed by atoms with Gasteiger partial charge in [0.05, 0.1) is 19.6 Å². The van der Waals surface area contributed by atoms with E-state index < -0.39 is 5.92 Å². The first kappa shape index (κ1) is 10.6. The molecule has 0 aromatic carbocycles. The summed E-state index contributed by atoms with van der Waals surface area (Å²) < 4.78 is 25.3. The van der Waals surface area contributed by atoms with Crippen LogP contribution in [-0.2, 0) is 6.54 Å². The standard InChI is InChI=1S/C9H9F2N5/c10-9(11)5-16(6-9)8-3-1-2-7(14-8)4-13-15-12/h1-3H,4-6H2. The molecule has 1 aromatic heterocycles. The Kier molecular flexibility index (Phi) is 2.62. The summed E-state index contributed by atoms with van der Waals surface area (Å²) in [5, 5.41) is 3.37. The van der Waals surface area contributed by atoms with Gasteiger partial charge in [0.1, 0.15) is 5.82 Å². The highest BCUT2D eigenvalue weighted by molar-refractivity contribution is 5.43. The van der Waals surface area contributed by atoms with Crippen molar-refractivity contribution in [2.75, 3.05) is 18.0 Å². The fraction of sp³-hybridized carbons (Fsp3) is 0.444. The van der Waals surface area contributed by atoms with Gasteiger partial charge in [-0.05, 0) is 17.7 Å². The topological polar surface area (TPSA) is 64.9 Å². The van der Waals surface area contributed by atoms with E-state index >= 15 is 0 Å². The normalized spacial score (nSPS) is 17.5. The second-order valence-corrected chi connectivity index (χ2v) is 3.59. The summed E-state index contributed by atoms with van der Waals surface area (Å²) in [6.07, 6.45) is 0. The van der Waals surface area contributed by atoms with Gasteiger partial charge in [-0.15, -0.1) is 0 Å². The Hall–Kier alpha value is -1.88. The van der Waals surface area contributed by atoms with Gasteiger partial charge in [0, 0.05) is 10.6 Å². The lowest BCUT2D eigenvalue weighted by molar-refractivity contribution is -0.0267. The molecule has 0 spiro atoms. The van der Waals surface area contributed by atoms with Crippen molar-refractivity contribution in [3.05, 3.63) is 34.3 Å². The smallest absolute Gasteiger partial charge is 0.282 e. The Bertz CT molecular complexity index is 433. The number of azide groups is 1. The van der Waals surface area contributed by atoms with Crippen molar-refractivity contribution in [3.8, 4) is 0 Å². The molecule has 1 saturated heterocycles. The number of halogens is 2. The third-order valence-corrected chi connectivity index (χ3v) is 2.26. The molecule has 0 amide bonds. The quantitative estimate of drug-likeness (QED) is 0.450. The van der Waals surface area contributed by atoms with Gasteiger partial charge >= 0.3 is 0 Å². The fourth-order valence-corrected chi connectivity index (χ4v) is 1.51. The minimum absolute atomic E-state index is 0.134. The Morgan fingerprint density at radius 3 is 2.88 bits per heavy atom. The van der Waals surface area contributed by atoms with Crippen LogP contribution in [-0.4, -0.2) is 24.0 Å². The van der Waals surface area contributed by atoms with Crippen LogP contribution in [0.2, 0.25) is 0 Å². The molecule has 1 aliphatic heterocycles. The van der Waals surface area contributed by atoms with Crippen LogP contribution in [0.3, 0.4) is 0 Å². The lowest BCUT2D eigenvalue weighted by Crippen LogP contribution is -2.56. The maximum Gasteiger partial charge on any atom is 0.282 e. The molecule has 7 heteroatoms. The van der Waals surface area contributed by atoms with E-state index in [4.69, 9.17) is 5.53 Å². The van der Waals surface area contributed by atoms with E-state index in [1.807, 2.05) is 0 Å². The van der Waals surface area contributed by atoms with Crippen LogP contribution in [0, 0.1) is 0 Å². The minimum Gasteiger partial charge on any atom is -0.344 e. The molecule has 2 heterocycles. The lowest BCUT2D eigenvalue weighted by atomic mass is 10.1. The lowest BCUT2D eigenvalue weighted by Gasteiger charge is -2.39. The largest absolute Gasteiger partial charge is 0.344 e. The van der Waals surface area contributed by atoms with Gasteiger partial charge in [-0.1, -0.05) is 11.2 Å². The summed E-state index contributed by atoms with van der Waals surface area (Å²) in [5.74, 6) is -2.11. The summed E-state index contributed by atoms with van der Waals surface area (Å²) in [6, 6.07) is 5.06. The zero-order chi connectivity index (χ0) is 11.6. The van der Waals surface area contributed by atoms with Crippen molar-refractivity contribution < 1.29 is 8.78 Å². The fourth-order valence-electron chi connectivity index (χ4n) is 1.51. The molecule has 0 unspecified atom stereocenters. The third-order valence-electron chi connectivity index (χ3n) is 2.26. The maximum absolute atomic E-state index is 12.6. The molecular weight excluding hydrogens is 216 g/mol. The molecule has 2 rings (SSSR count). The molecule has 1 aromatic rings. The van der Waals surface area contributed by atoms with E-state index in [1.54, 1.807) is 18.2 Å². The van der Waals surface area contributed by atoms with E-state index in [2.05, 4.69) is 15.0 Å². The summed E-state index contributed by atoms with van der Waals surface area (Å²) in [4.78, 5) is 8.23. The Labute approximate surface area is 90.3 Å². The highest BCUT2D eigenvalue weighted by Gasteiger charge is 2.44. The van der Waals surface area contributed by atoms with E-state index in [-0.39, 0.29) is 19.6 Å². The number of rotatable bonds is 3. The first-order valence-corrected chi connectivity index (χ1v) is 4.70. The maximum atomic E-state index is 12.6. The Balaban J connectivity index is 2.08. The predicted octanol–water partition coefficient (Wildman–Crippen LogP) is 2.35. The van der Waals surface area contributed by atoms with Crippen molar-refractivity contribution in [1.82, 2.24) is 4.98 Å². The molecular formula is C9H9F2N5. The van der Waals surface area contributed by atoms with E-state index in [0.29, 0.717) is 11.5 Å². The van der Waals surface area contributed by atoms with Crippen molar-refractivity contribution in [3.63, 3.8) is 0 Å². The molecule has 1 fully saturated rings. The van der Waals surface area contributed by atoms with Crippen molar-refractivity contribution in [2.24, 2.45) is 5.11 Å². The summed E-state index contributed by atoms with van der Waals surface area (Å²) in [6.45, 7) is -0.468. The number of anilines is 1. The molecule has 0 saturated carbocycles. The summed E-state index contributed by atoms with van der Waals surface area (Å²) >= 11 is 0. The number of aromatic nitrogens is 1. The zero-order valence-corrected chi connectivity index (χ0v) is 8.35. The van der Waals surface area contributed by atoms with Gasteiger partial charge in [0.15, 0.2) is 0 Å². The summed E-state index contributed by atoms with van der Waals surface area (Å²) in [5.41, 5.74) is 8.73. The van der Waals surface area contributed by atoms with Crippen molar-refractivity contribution >= 4 is 5.82 Å². The molecule has 1 aliphatic rings. The van der Waals surface area contributed by atoms with Crippen LogP contribution < -0.4 is 4.90 Å². The average molecular weight is 225 g/mol. The van der Waals surface area contributed by atoms with Crippen LogP contribution in [0.15, 0.2) is 23.3 Å². The van der Waals surface area contributed by atoms with Crippen molar-refractivity contribution in [1.29, 1.82) is 0 Å². The average Bonchev–Trinajstić information content (AvgIpc) is 2.23. The molecule has 0 aliphatic carbocycles. The second kappa shape index (κ2) is 3.94. The highest BCUT2D eigenvalue weighted by atomic mass is 19.3. The van der Waals surface area contributed by atoms with Crippen molar-refractivity contribution in [2.45, 2.75) is 12.5 Å². The molecule has 0 bridgehead atoms. The zero-order valence-electron chi connectivity index (χ0n) is 8.35. The van der Waals surface area contributed by atoms with Crippen LogP contribution >= 0.6 is 0 Å². The van der Waals surface area contributed by atoms with Gasteiger partial charge in [0.25, 0.3) is 5.92 Å². The van der Waals surface area contributed by atoms with E-state index in [1.165, 1.54) is 4.90 Å². The van der Waals surface area contributed by atoms with Gasteiger partial charge in [0.2, 0.25) is 0 Å². The highest BCUT2D eigenvalue weighted by Crippen LogP contribution is 2.30. The first-order valence-electron chi connectivity index (χ1n) is 4.70. The molecule has 0 radical (unpaired) electrons.